The molecule has 0 saturated carbocycles. The Hall–Kier alpha value is -1.32. The summed E-state index contributed by atoms with van der Waals surface area (Å²) in [6.45, 7) is 1.67. The normalized spacial score (nSPS) is 13.4. The van der Waals surface area contributed by atoms with Crippen molar-refractivity contribution < 1.29 is 18.0 Å². The van der Waals surface area contributed by atoms with E-state index in [2.05, 4.69) is 0 Å². The fourth-order valence-electron chi connectivity index (χ4n) is 1.63. The van der Waals surface area contributed by atoms with Crippen LogP contribution in [0.15, 0.2) is 30.3 Å². The minimum Gasteiger partial charge on any atom is -0.294 e. The van der Waals surface area contributed by atoms with Crippen LogP contribution < -0.4 is 0 Å². The number of Topliss-reactive ketones (excluding diaryl/α,β-unsaturated/α-hetero) is 1. The van der Waals surface area contributed by atoms with Crippen LogP contribution in [0.3, 0.4) is 0 Å². The number of carbonyl (C=O) groups excluding carboxylic acids is 1. The molecule has 0 fully saturated rings. The van der Waals surface area contributed by atoms with Crippen LogP contribution in [-0.4, -0.2) is 12.0 Å². The van der Waals surface area contributed by atoms with Gasteiger partial charge in [0.1, 0.15) is 0 Å². The molecule has 1 rings (SSSR count). The van der Waals surface area contributed by atoms with Crippen LogP contribution in [-0.2, 0) is 0 Å². The Balaban J connectivity index is 2.43. The van der Waals surface area contributed by atoms with Gasteiger partial charge in [-0.05, 0) is 12.8 Å². The molecule has 4 heteroatoms. The monoisotopic (exact) mass is 244 g/mol. The SMILES string of the molecule is CC(CCCC(F)(F)F)C(=O)c1ccccc1. The van der Waals surface area contributed by atoms with Crippen LogP contribution >= 0.6 is 0 Å². The van der Waals surface area contributed by atoms with E-state index < -0.39 is 12.6 Å². The quantitative estimate of drug-likeness (QED) is 0.708. The van der Waals surface area contributed by atoms with Crippen molar-refractivity contribution in [2.75, 3.05) is 0 Å². The van der Waals surface area contributed by atoms with E-state index in [-0.39, 0.29) is 24.5 Å². The molecule has 1 atom stereocenters. The second-order valence-corrected chi connectivity index (χ2v) is 4.14. The summed E-state index contributed by atoms with van der Waals surface area (Å²) in [4.78, 5) is 11.8. The van der Waals surface area contributed by atoms with Gasteiger partial charge in [-0.25, -0.2) is 0 Å². The van der Waals surface area contributed by atoms with Gasteiger partial charge in [-0.3, -0.25) is 4.79 Å². The third kappa shape index (κ3) is 5.02. The average molecular weight is 244 g/mol. The van der Waals surface area contributed by atoms with Gasteiger partial charge < -0.3 is 0 Å². The maximum atomic E-state index is 11.9. The van der Waals surface area contributed by atoms with E-state index in [9.17, 15) is 18.0 Å². The van der Waals surface area contributed by atoms with Crippen molar-refractivity contribution in [2.24, 2.45) is 5.92 Å². The molecule has 0 bridgehead atoms. The second kappa shape index (κ2) is 5.84. The summed E-state index contributed by atoms with van der Waals surface area (Å²) in [5.41, 5.74) is 0.562. The van der Waals surface area contributed by atoms with Crippen LogP contribution in [0, 0.1) is 5.92 Å². The van der Waals surface area contributed by atoms with Gasteiger partial charge in [-0.15, -0.1) is 0 Å². The van der Waals surface area contributed by atoms with E-state index in [1.165, 1.54) is 0 Å². The fourth-order valence-corrected chi connectivity index (χ4v) is 1.63. The third-order valence-electron chi connectivity index (χ3n) is 2.60. The van der Waals surface area contributed by atoms with E-state index in [1.807, 2.05) is 0 Å². The van der Waals surface area contributed by atoms with E-state index >= 15 is 0 Å². The first-order chi connectivity index (χ1) is 7.90. The van der Waals surface area contributed by atoms with Gasteiger partial charge in [0.2, 0.25) is 0 Å². The maximum Gasteiger partial charge on any atom is 0.389 e. The van der Waals surface area contributed by atoms with Crippen molar-refractivity contribution in [3.63, 3.8) is 0 Å². The third-order valence-corrected chi connectivity index (χ3v) is 2.60. The molecule has 0 radical (unpaired) electrons. The maximum absolute atomic E-state index is 11.9. The second-order valence-electron chi connectivity index (χ2n) is 4.14. The van der Waals surface area contributed by atoms with Crippen LogP contribution in [0.4, 0.5) is 13.2 Å². The largest absolute Gasteiger partial charge is 0.389 e. The molecule has 0 spiro atoms. The summed E-state index contributed by atoms with van der Waals surface area (Å²) >= 11 is 0. The summed E-state index contributed by atoms with van der Waals surface area (Å²) in [7, 11) is 0. The first kappa shape index (κ1) is 13.7. The zero-order valence-electron chi connectivity index (χ0n) is 9.63. The number of benzene rings is 1. The number of rotatable bonds is 5. The number of hydrogen-bond acceptors (Lipinski definition) is 1. The number of carbonyl (C=O) groups is 1. The Morgan fingerprint density at radius 2 is 1.82 bits per heavy atom. The lowest BCUT2D eigenvalue weighted by Gasteiger charge is -2.11. The van der Waals surface area contributed by atoms with Gasteiger partial charge in [0.05, 0.1) is 0 Å². The Bertz CT molecular complexity index is 357. The van der Waals surface area contributed by atoms with E-state index in [4.69, 9.17) is 0 Å². The van der Waals surface area contributed by atoms with Gasteiger partial charge in [0.25, 0.3) is 0 Å². The Kier molecular flexibility index (Phi) is 4.73. The zero-order valence-corrected chi connectivity index (χ0v) is 9.63. The molecule has 1 nitrogen and oxygen atoms in total. The lowest BCUT2D eigenvalue weighted by atomic mass is 9.94. The molecule has 17 heavy (non-hydrogen) atoms. The van der Waals surface area contributed by atoms with Crippen LogP contribution in [0.2, 0.25) is 0 Å². The fraction of sp³-hybridized carbons (Fsp3) is 0.462. The van der Waals surface area contributed by atoms with E-state index in [0.29, 0.717) is 5.56 Å². The zero-order chi connectivity index (χ0) is 12.9. The highest BCUT2D eigenvalue weighted by Crippen LogP contribution is 2.24. The van der Waals surface area contributed by atoms with Crippen molar-refractivity contribution in [3.05, 3.63) is 35.9 Å². The van der Waals surface area contributed by atoms with Crippen LogP contribution in [0.25, 0.3) is 0 Å². The predicted molar refractivity (Wildman–Crippen MR) is 59.8 cm³/mol. The molecule has 0 aromatic heterocycles. The lowest BCUT2D eigenvalue weighted by Crippen LogP contribution is -2.13. The highest BCUT2D eigenvalue weighted by Gasteiger charge is 2.27. The summed E-state index contributed by atoms with van der Waals surface area (Å²) in [6.07, 6.45) is -4.68. The Labute approximate surface area is 98.6 Å². The topological polar surface area (TPSA) is 17.1 Å². The number of alkyl halides is 3. The lowest BCUT2D eigenvalue weighted by molar-refractivity contribution is -0.135. The molecule has 1 aromatic rings. The van der Waals surface area contributed by atoms with Crippen molar-refractivity contribution in [1.82, 2.24) is 0 Å². The molecule has 0 N–H and O–H groups in total. The molecule has 1 unspecified atom stereocenters. The molecule has 1 aromatic carbocycles. The predicted octanol–water partition coefficient (Wildman–Crippen LogP) is 4.24. The van der Waals surface area contributed by atoms with Gasteiger partial charge >= 0.3 is 6.18 Å². The van der Waals surface area contributed by atoms with Crippen molar-refractivity contribution in [3.8, 4) is 0 Å². The number of halogens is 3. The molecular formula is C13H15F3O. The highest BCUT2D eigenvalue weighted by atomic mass is 19.4. The van der Waals surface area contributed by atoms with E-state index in [1.54, 1.807) is 37.3 Å². The van der Waals surface area contributed by atoms with Gasteiger partial charge in [0, 0.05) is 17.9 Å². The van der Waals surface area contributed by atoms with E-state index in [0.717, 1.165) is 0 Å². The van der Waals surface area contributed by atoms with Gasteiger partial charge in [-0.1, -0.05) is 37.3 Å². The molecular weight excluding hydrogens is 229 g/mol. The Morgan fingerprint density at radius 3 is 2.35 bits per heavy atom. The first-order valence-corrected chi connectivity index (χ1v) is 5.56. The molecule has 0 saturated heterocycles. The van der Waals surface area contributed by atoms with Crippen molar-refractivity contribution in [1.29, 1.82) is 0 Å². The molecule has 0 amide bonds. The summed E-state index contributed by atoms with van der Waals surface area (Å²) in [5, 5.41) is 0. The summed E-state index contributed by atoms with van der Waals surface area (Å²) < 4.78 is 35.8. The molecule has 0 aliphatic heterocycles. The average Bonchev–Trinajstić information content (AvgIpc) is 2.27. The first-order valence-electron chi connectivity index (χ1n) is 5.56. The van der Waals surface area contributed by atoms with Gasteiger partial charge in [-0.2, -0.15) is 13.2 Å². The van der Waals surface area contributed by atoms with Crippen molar-refractivity contribution >= 4 is 5.78 Å². The smallest absolute Gasteiger partial charge is 0.294 e. The molecule has 0 heterocycles. The Morgan fingerprint density at radius 1 is 1.24 bits per heavy atom. The minimum absolute atomic E-state index is 0.00321. The van der Waals surface area contributed by atoms with Crippen LogP contribution in [0.1, 0.15) is 36.5 Å². The minimum atomic E-state index is -4.13. The summed E-state index contributed by atoms with van der Waals surface area (Å²) in [5.74, 6) is -0.451. The number of hydrogen-bond donors (Lipinski definition) is 0. The number of ketones is 1. The standard InChI is InChI=1S/C13H15F3O/c1-10(6-5-9-13(14,15)16)12(17)11-7-3-2-4-8-11/h2-4,7-8,10H,5-6,9H2,1H3. The van der Waals surface area contributed by atoms with Crippen molar-refractivity contribution in [2.45, 2.75) is 32.4 Å². The summed E-state index contributed by atoms with van der Waals surface area (Å²) in [6, 6.07) is 8.65. The van der Waals surface area contributed by atoms with Crippen LogP contribution in [0.5, 0.6) is 0 Å². The molecule has 0 aliphatic carbocycles. The molecule has 0 aliphatic rings. The molecule has 94 valence electrons. The highest BCUT2D eigenvalue weighted by molar-refractivity contribution is 5.97. The van der Waals surface area contributed by atoms with Gasteiger partial charge in [0.15, 0.2) is 5.78 Å².